The first kappa shape index (κ1) is 15.6. The van der Waals surface area contributed by atoms with Gasteiger partial charge in [-0.3, -0.25) is 4.79 Å². The van der Waals surface area contributed by atoms with Crippen molar-refractivity contribution in [1.82, 2.24) is 5.32 Å². The largest absolute Gasteiger partial charge is 0.494 e. The zero-order valence-corrected chi connectivity index (χ0v) is 12.0. The number of methoxy groups -OCH3 is 1. The average Bonchev–Trinajstić information content (AvgIpc) is 2.34. The van der Waals surface area contributed by atoms with Gasteiger partial charge in [0, 0.05) is 24.9 Å². The van der Waals surface area contributed by atoms with Crippen molar-refractivity contribution < 1.29 is 13.9 Å². The summed E-state index contributed by atoms with van der Waals surface area (Å²) in [6.45, 7) is 6.99. The van der Waals surface area contributed by atoms with Crippen LogP contribution in [0.3, 0.4) is 0 Å². The molecule has 1 aromatic rings. The smallest absolute Gasteiger partial charge is 0.165 e. The normalized spacial score (nSPS) is 11.4. The summed E-state index contributed by atoms with van der Waals surface area (Å²) in [7, 11) is 1.45. The van der Waals surface area contributed by atoms with Crippen molar-refractivity contribution in [3.63, 3.8) is 0 Å². The van der Waals surface area contributed by atoms with Gasteiger partial charge in [-0.15, -0.1) is 0 Å². The molecular weight excluding hydrogens is 245 g/mol. The molecule has 0 amide bonds. The number of carbonyl (C=O) groups excluding carboxylic acids is 1. The molecule has 0 fully saturated rings. The lowest BCUT2D eigenvalue weighted by Gasteiger charge is -2.26. The van der Waals surface area contributed by atoms with Gasteiger partial charge in [0.15, 0.2) is 11.6 Å². The minimum absolute atomic E-state index is 0.167. The molecule has 0 aliphatic rings. The third-order valence-electron chi connectivity index (χ3n) is 3.15. The van der Waals surface area contributed by atoms with Crippen LogP contribution in [-0.4, -0.2) is 26.0 Å². The van der Waals surface area contributed by atoms with Crippen molar-refractivity contribution in [2.45, 2.75) is 32.6 Å². The van der Waals surface area contributed by atoms with E-state index in [1.54, 1.807) is 13.0 Å². The number of hydrogen-bond donors (Lipinski definition) is 1. The first-order valence-electron chi connectivity index (χ1n) is 6.41. The van der Waals surface area contributed by atoms with Gasteiger partial charge in [-0.1, -0.05) is 19.9 Å². The molecule has 0 spiro atoms. The summed E-state index contributed by atoms with van der Waals surface area (Å²) in [5.41, 5.74) is 0.699. The summed E-state index contributed by atoms with van der Waals surface area (Å²) in [6.07, 6.45) is 0.521. The monoisotopic (exact) mass is 267 g/mol. The molecule has 0 saturated carbocycles. The number of rotatable bonds is 7. The number of hydrogen-bond acceptors (Lipinski definition) is 3. The van der Waals surface area contributed by atoms with Gasteiger partial charge in [-0.2, -0.15) is 0 Å². The third-order valence-corrected chi connectivity index (χ3v) is 3.15. The standard InChI is InChI=1S/C15H22FNO2/c1-11(18)7-8-17-10-15(2,3)12-5-6-14(19-4)13(16)9-12/h5-6,9,17H,7-8,10H2,1-4H3. The topological polar surface area (TPSA) is 38.3 Å². The van der Waals surface area contributed by atoms with Gasteiger partial charge in [-0.25, -0.2) is 4.39 Å². The lowest BCUT2D eigenvalue weighted by molar-refractivity contribution is -0.116. The van der Waals surface area contributed by atoms with Crippen LogP contribution < -0.4 is 10.1 Å². The van der Waals surface area contributed by atoms with Gasteiger partial charge < -0.3 is 10.1 Å². The van der Waals surface area contributed by atoms with E-state index in [0.717, 1.165) is 5.56 Å². The Hall–Kier alpha value is -1.42. The van der Waals surface area contributed by atoms with E-state index in [0.29, 0.717) is 19.5 Å². The van der Waals surface area contributed by atoms with Crippen LogP contribution in [0.15, 0.2) is 18.2 Å². The molecule has 0 atom stereocenters. The Balaban J connectivity index is 2.66. The highest BCUT2D eigenvalue weighted by atomic mass is 19.1. The van der Waals surface area contributed by atoms with Crippen LogP contribution in [0.4, 0.5) is 4.39 Å². The maximum Gasteiger partial charge on any atom is 0.165 e. The van der Waals surface area contributed by atoms with Gasteiger partial charge in [0.05, 0.1) is 7.11 Å². The van der Waals surface area contributed by atoms with E-state index in [1.165, 1.54) is 13.2 Å². The van der Waals surface area contributed by atoms with Crippen LogP contribution in [0.5, 0.6) is 5.75 Å². The van der Waals surface area contributed by atoms with Crippen LogP contribution >= 0.6 is 0 Å². The first-order chi connectivity index (χ1) is 8.86. The van der Waals surface area contributed by atoms with E-state index in [2.05, 4.69) is 5.32 Å². The average molecular weight is 267 g/mol. The van der Waals surface area contributed by atoms with Crippen LogP contribution in [0.2, 0.25) is 0 Å². The molecule has 3 nitrogen and oxygen atoms in total. The number of ketones is 1. The van der Waals surface area contributed by atoms with Crippen molar-refractivity contribution in [3.8, 4) is 5.75 Å². The summed E-state index contributed by atoms with van der Waals surface area (Å²) >= 11 is 0. The number of halogens is 1. The van der Waals surface area contributed by atoms with Gasteiger partial charge >= 0.3 is 0 Å². The van der Waals surface area contributed by atoms with Gasteiger partial charge in [-0.05, 0) is 24.6 Å². The summed E-state index contributed by atoms with van der Waals surface area (Å²) in [5.74, 6) is 0.0710. The zero-order valence-electron chi connectivity index (χ0n) is 12.0. The Morgan fingerprint density at radius 1 is 1.42 bits per heavy atom. The molecule has 0 aliphatic heterocycles. The fourth-order valence-electron chi connectivity index (χ4n) is 1.85. The molecule has 1 aromatic carbocycles. The van der Waals surface area contributed by atoms with E-state index in [9.17, 15) is 9.18 Å². The van der Waals surface area contributed by atoms with Crippen molar-refractivity contribution in [3.05, 3.63) is 29.6 Å². The Morgan fingerprint density at radius 2 is 2.11 bits per heavy atom. The summed E-state index contributed by atoms with van der Waals surface area (Å²) < 4.78 is 18.6. The van der Waals surface area contributed by atoms with Crippen molar-refractivity contribution >= 4 is 5.78 Å². The van der Waals surface area contributed by atoms with Crippen molar-refractivity contribution in [2.24, 2.45) is 0 Å². The predicted molar refractivity (Wildman–Crippen MR) is 74.1 cm³/mol. The number of benzene rings is 1. The number of Topliss-reactive ketones (excluding diaryl/α,β-unsaturated/α-hetero) is 1. The quantitative estimate of drug-likeness (QED) is 0.772. The number of nitrogens with one attached hydrogen (secondary N) is 1. The summed E-state index contributed by atoms with van der Waals surface area (Å²) in [6, 6.07) is 5.02. The molecule has 0 heterocycles. The summed E-state index contributed by atoms with van der Waals surface area (Å²) in [5, 5.41) is 3.23. The van der Waals surface area contributed by atoms with Crippen LogP contribution in [0.25, 0.3) is 0 Å². The molecule has 19 heavy (non-hydrogen) atoms. The van der Waals surface area contributed by atoms with Crippen molar-refractivity contribution in [1.29, 1.82) is 0 Å². The maximum absolute atomic E-state index is 13.7. The van der Waals surface area contributed by atoms with E-state index in [4.69, 9.17) is 4.74 Å². The number of ether oxygens (including phenoxy) is 1. The van der Waals surface area contributed by atoms with E-state index < -0.39 is 0 Å². The van der Waals surface area contributed by atoms with E-state index >= 15 is 0 Å². The Kier molecular flexibility index (Phi) is 5.48. The van der Waals surface area contributed by atoms with Crippen molar-refractivity contribution in [2.75, 3.05) is 20.2 Å². The minimum atomic E-state index is -0.350. The highest BCUT2D eigenvalue weighted by molar-refractivity contribution is 5.75. The summed E-state index contributed by atoms with van der Waals surface area (Å²) in [4.78, 5) is 10.8. The van der Waals surface area contributed by atoms with E-state index in [-0.39, 0.29) is 22.8 Å². The molecule has 0 bridgehead atoms. The molecule has 0 radical (unpaired) electrons. The molecule has 4 heteroatoms. The minimum Gasteiger partial charge on any atom is -0.494 e. The molecule has 1 rings (SSSR count). The van der Waals surface area contributed by atoms with Crippen LogP contribution in [0, 0.1) is 5.82 Å². The van der Waals surface area contributed by atoms with Crippen LogP contribution in [-0.2, 0) is 10.2 Å². The van der Waals surface area contributed by atoms with Gasteiger partial charge in [0.2, 0.25) is 0 Å². The Labute approximate surface area is 114 Å². The molecule has 0 unspecified atom stereocenters. The third kappa shape index (κ3) is 4.63. The van der Waals surface area contributed by atoms with Gasteiger partial charge in [0.1, 0.15) is 5.78 Å². The highest BCUT2D eigenvalue weighted by Crippen LogP contribution is 2.26. The lowest BCUT2D eigenvalue weighted by Crippen LogP contribution is -2.34. The van der Waals surface area contributed by atoms with Crippen LogP contribution in [0.1, 0.15) is 32.8 Å². The van der Waals surface area contributed by atoms with Gasteiger partial charge in [0.25, 0.3) is 0 Å². The molecule has 0 aliphatic carbocycles. The Morgan fingerprint density at radius 3 is 2.63 bits per heavy atom. The second kappa shape index (κ2) is 6.66. The molecule has 0 aromatic heterocycles. The second-order valence-electron chi connectivity index (χ2n) is 5.36. The fourth-order valence-corrected chi connectivity index (χ4v) is 1.85. The molecular formula is C15H22FNO2. The molecule has 0 saturated heterocycles. The number of carbonyl (C=O) groups is 1. The SMILES string of the molecule is COc1ccc(C(C)(C)CNCCC(C)=O)cc1F. The highest BCUT2D eigenvalue weighted by Gasteiger charge is 2.21. The van der Waals surface area contributed by atoms with E-state index in [1.807, 2.05) is 19.9 Å². The second-order valence-corrected chi connectivity index (χ2v) is 5.36. The first-order valence-corrected chi connectivity index (χ1v) is 6.41. The fraction of sp³-hybridized carbons (Fsp3) is 0.533. The Bertz CT molecular complexity index is 444. The lowest BCUT2D eigenvalue weighted by atomic mass is 9.84. The zero-order chi connectivity index (χ0) is 14.5. The predicted octanol–water partition coefficient (Wildman–Crippen LogP) is 2.68. The maximum atomic E-state index is 13.7. The molecule has 106 valence electrons. The molecule has 1 N–H and O–H groups in total.